The monoisotopic (exact) mass is 320 g/mol. The van der Waals surface area contributed by atoms with Crippen LogP contribution in [-0.2, 0) is 12.8 Å². The van der Waals surface area contributed by atoms with Crippen molar-refractivity contribution in [3.05, 3.63) is 50.7 Å². The Kier molecular flexibility index (Phi) is 4.35. The maximum Gasteiger partial charge on any atom is 0.419 e. The number of alkyl halides is 3. The second kappa shape index (κ2) is 5.85. The summed E-state index contributed by atoms with van der Waals surface area (Å²) in [5, 5.41) is 0. The number of aldehydes is 1. The molecule has 20 heavy (non-hydrogen) atoms. The van der Waals surface area contributed by atoms with Crippen molar-refractivity contribution in [1.82, 2.24) is 0 Å². The zero-order chi connectivity index (χ0) is 14.8. The number of halogens is 4. The van der Waals surface area contributed by atoms with Crippen molar-refractivity contribution in [1.29, 1.82) is 0 Å². The van der Waals surface area contributed by atoms with Gasteiger partial charge >= 0.3 is 6.18 Å². The van der Waals surface area contributed by atoms with Gasteiger partial charge in [0.1, 0.15) is 18.6 Å². The van der Waals surface area contributed by atoms with Crippen molar-refractivity contribution in [3.8, 4) is 5.75 Å². The first-order valence-corrected chi connectivity index (χ1v) is 6.63. The summed E-state index contributed by atoms with van der Waals surface area (Å²) in [5.74, 6) is -0.312. The molecule has 0 aliphatic heterocycles. The summed E-state index contributed by atoms with van der Waals surface area (Å²) in [5.41, 5.74) is -1.02. The van der Waals surface area contributed by atoms with Crippen LogP contribution in [0.3, 0.4) is 0 Å². The van der Waals surface area contributed by atoms with Crippen molar-refractivity contribution in [2.24, 2.45) is 0 Å². The van der Waals surface area contributed by atoms with E-state index in [1.165, 1.54) is 17.4 Å². The van der Waals surface area contributed by atoms with E-state index >= 15 is 0 Å². The number of thiophene rings is 1. The van der Waals surface area contributed by atoms with Crippen LogP contribution in [0.2, 0.25) is 4.34 Å². The van der Waals surface area contributed by atoms with Gasteiger partial charge in [-0.2, -0.15) is 13.2 Å². The van der Waals surface area contributed by atoms with Gasteiger partial charge in [0.25, 0.3) is 0 Å². The summed E-state index contributed by atoms with van der Waals surface area (Å²) in [7, 11) is 0. The molecule has 2 aromatic rings. The topological polar surface area (TPSA) is 26.3 Å². The predicted octanol–water partition coefficient (Wildman–Crippen LogP) is 4.81. The first kappa shape index (κ1) is 14.9. The Bertz CT molecular complexity index is 622. The molecular formula is C13H8ClF3O2S. The molecule has 0 aliphatic rings. The van der Waals surface area contributed by atoms with Gasteiger partial charge in [-0.05, 0) is 30.3 Å². The third-order valence-corrected chi connectivity index (χ3v) is 3.65. The van der Waals surface area contributed by atoms with Crippen molar-refractivity contribution >= 4 is 29.2 Å². The zero-order valence-corrected chi connectivity index (χ0v) is 11.5. The highest BCUT2D eigenvalue weighted by atomic mass is 35.5. The lowest BCUT2D eigenvalue weighted by atomic mass is 10.1. The number of carbonyl (C=O) groups excluding carboxylic acids is 1. The Balaban J connectivity index is 2.24. The van der Waals surface area contributed by atoms with Gasteiger partial charge in [0.2, 0.25) is 0 Å². The van der Waals surface area contributed by atoms with Crippen LogP contribution in [0.25, 0.3) is 0 Å². The second-order valence-electron chi connectivity index (χ2n) is 3.87. The van der Waals surface area contributed by atoms with E-state index in [0.717, 1.165) is 12.1 Å². The molecule has 0 saturated carbocycles. The van der Waals surface area contributed by atoms with Crippen molar-refractivity contribution in [3.63, 3.8) is 0 Å². The first-order chi connectivity index (χ1) is 9.40. The summed E-state index contributed by atoms with van der Waals surface area (Å²) in [6.45, 7) is -0.0130. The summed E-state index contributed by atoms with van der Waals surface area (Å²) < 4.78 is 44.4. The van der Waals surface area contributed by atoms with E-state index in [1.807, 2.05) is 0 Å². The van der Waals surface area contributed by atoms with Gasteiger partial charge in [-0.15, -0.1) is 11.3 Å². The molecule has 0 saturated heterocycles. The van der Waals surface area contributed by atoms with E-state index in [1.54, 1.807) is 12.1 Å². The lowest BCUT2D eigenvalue weighted by Gasteiger charge is -2.13. The molecule has 0 N–H and O–H groups in total. The van der Waals surface area contributed by atoms with Gasteiger partial charge in [0.05, 0.1) is 9.90 Å². The molecule has 2 nitrogen and oxygen atoms in total. The fraction of sp³-hybridized carbons (Fsp3) is 0.154. The molecule has 0 atom stereocenters. The van der Waals surface area contributed by atoms with E-state index in [0.29, 0.717) is 15.5 Å². The molecule has 0 amide bonds. The van der Waals surface area contributed by atoms with Crippen molar-refractivity contribution in [2.45, 2.75) is 12.8 Å². The van der Waals surface area contributed by atoms with Crippen molar-refractivity contribution in [2.75, 3.05) is 0 Å². The van der Waals surface area contributed by atoms with Crippen LogP contribution in [0, 0.1) is 0 Å². The maximum absolute atomic E-state index is 12.9. The van der Waals surface area contributed by atoms with E-state index in [9.17, 15) is 18.0 Å². The number of carbonyl (C=O) groups is 1. The molecule has 1 aromatic heterocycles. The van der Waals surface area contributed by atoms with Gasteiger partial charge in [-0.25, -0.2) is 0 Å². The standard InChI is InChI=1S/C13H8ClF3O2S/c14-12-4-2-9(20-12)7-19-11-3-1-8(6-18)5-10(11)13(15,16)17/h1-6H,7H2. The van der Waals surface area contributed by atoms with E-state index in [-0.39, 0.29) is 17.9 Å². The van der Waals surface area contributed by atoms with E-state index in [2.05, 4.69) is 0 Å². The molecule has 0 bridgehead atoms. The van der Waals surface area contributed by atoms with Crippen LogP contribution in [-0.4, -0.2) is 6.29 Å². The number of rotatable bonds is 4. The largest absolute Gasteiger partial charge is 0.487 e. The van der Waals surface area contributed by atoms with Crippen LogP contribution in [0.4, 0.5) is 13.2 Å². The molecule has 0 unspecified atom stereocenters. The highest BCUT2D eigenvalue weighted by molar-refractivity contribution is 7.16. The SMILES string of the molecule is O=Cc1ccc(OCc2ccc(Cl)s2)c(C(F)(F)F)c1. The number of hydrogen-bond acceptors (Lipinski definition) is 3. The van der Waals surface area contributed by atoms with Crippen LogP contribution in [0.5, 0.6) is 5.75 Å². The minimum absolute atomic E-state index is 0.0130. The molecule has 0 spiro atoms. The van der Waals surface area contributed by atoms with Gasteiger partial charge in [0.15, 0.2) is 0 Å². The number of benzene rings is 1. The van der Waals surface area contributed by atoms with Crippen LogP contribution in [0.15, 0.2) is 30.3 Å². The second-order valence-corrected chi connectivity index (χ2v) is 5.67. The van der Waals surface area contributed by atoms with E-state index in [4.69, 9.17) is 16.3 Å². The number of hydrogen-bond donors (Lipinski definition) is 0. The highest BCUT2D eigenvalue weighted by Crippen LogP contribution is 2.37. The summed E-state index contributed by atoms with van der Waals surface area (Å²) in [6.07, 6.45) is -4.22. The Labute approximate surface area is 121 Å². The third kappa shape index (κ3) is 3.52. The third-order valence-electron chi connectivity index (χ3n) is 2.44. The average molecular weight is 321 g/mol. The fourth-order valence-corrected chi connectivity index (χ4v) is 2.55. The van der Waals surface area contributed by atoms with Gasteiger partial charge < -0.3 is 4.74 Å². The summed E-state index contributed by atoms with van der Waals surface area (Å²) >= 11 is 6.96. The predicted molar refractivity (Wildman–Crippen MR) is 70.5 cm³/mol. The molecule has 106 valence electrons. The minimum Gasteiger partial charge on any atom is -0.487 e. The lowest BCUT2D eigenvalue weighted by Crippen LogP contribution is -2.09. The van der Waals surface area contributed by atoms with Gasteiger partial charge in [0, 0.05) is 10.4 Å². The summed E-state index contributed by atoms with van der Waals surface area (Å²) in [6, 6.07) is 6.51. The highest BCUT2D eigenvalue weighted by Gasteiger charge is 2.34. The van der Waals surface area contributed by atoms with Crippen LogP contribution < -0.4 is 4.74 Å². The lowest BCUT2D eigenvalue weighted by molar-refractivity contribution is -0.139. The quantitative estimate of drug-likeness (QED) is 0.755. The molecule has 0 fully saturated rings. The van der Waals surface area contributed by atoms with E-state index < -0.39 is 11.7 Å². The van der Waals surface area contributed by atoms with Gasteiger partial charge in [-0.3, -0.25) is 4.79 Å². The molecule has 2 rings (SSSR count). The average Bonchev–Trinajstić information content (AvgIpc) is 2.81. The van der Waals surface area contributed by atoms with Crippen LogP contribution >= 0.6 is 22.9 Å². The molecule has 1 heterocycles. The Morgan fingerprint density at radius 1 is 1.25 bits per heavy atom. The minimum atomic E-state index is -4.58. The first-order valence-electron chi connectivity index (χ1n) is 5.43. The zero-order valence-electron chi connectivity index (χ0n) is 9.91. The molecular weight excluding hydrogens is 313 g/mol. The molecule has 0 radical (unpaired) electrons. The fourth-order valence-electron chi connectivity index (χ4n) is 1.55. The summed E-state index contributed by atoms with van der Waals surface area (Å²) in [4.78, 5) is 11.3. The maximum atomic E-state index is 12.9. The Morgan fingerprint density at radius 3 is 2.55 bits per heavy atom. The Morgan fingerprint density at radius 2 is 2.00 bits per heavy atom. The number of ether oxygens (including phenoxy) is 1. The van der Waals surface area contributed by atoms with Crippen LogP contribution in [0.1, 0.15) is 20.8 Å². The van der Waals surface area contributed by atoms with Gasteiger partial charge in [-0.1, -0.05) is 11.6 Å². The Hall–Kier alpha value is -1.53. The smallest absolute Gasteiger partial charge is 0.419 e. The van der Waals surface area contributed by atoms with Crippen molar-refractivity contribution < 1.29 is 22.7 Å². The molecule has 0 aliphatic carbocycles. The molecule has 1 aromatic carbocycles. The molecule has 7 heteroatoms. The normalized spacial score (nSPS) is 11.4.